The Balaban J connectivity index is 1.61. The summed E-state index contributed by atoms with van der Waals surface area (Å²) in [6.07, 6.45) is 1.57. The fourth-order valence-corrected chi connectivity index (χ4v) is 4.72. The van der Waals surface area contributed by atoms with Gasteiger partial charge in [-0.1, -0.05) is 47.2 Å². The van der Waals surface area contributed by atoms with Gasteiger partial charge in [-0.3, -0.25) is 19.8 Å². The fraction of sp³-hybridized carbons (Fsp3) is 0.0476. The lowest BCUT2D eigenvalue weighted by atomic mass is 10.1. The molecule has 0 spiro atoms. The van der Waals surface area contributed by atoms with E-state index in [1.807, 2.05) is 0 Å². The van der Waals surface area contributed by atoms with Crippen molar-refractivity contribution in [1.29, 1.82) is 0 Å². The van der Waals surface area contributed by atoms with E-state index in [0.29, 0.717) is 42.8 Å². The van der Waals surface area contributed by atoms with Crippen molar-refractivity contribution in [3.8, 4) is 17.1 Å². The normalized spacial score (nSPS) is 15.0. The monoisotopic (exact) mass is 506 g/mol. The lowest BCUT2D eigenvalue weighted by Crippen LogP contribution is -2.27. The van der Waals surface area contributed by atoms with Crippen LogP contribution in [0.4, 0.5) is 11.4 Å². The molecule has 0 bridgehead atoms. The lowest BCUT2D eigenvalue weighted by Gasteiger charge is -2.15. The molecule has 1 amide bonds. The highest BCUT2D eigenvalue weighted by atomic mass is 35.5. The molecule has 1 aliphatic heterocycles. The van der Waals surface area contributed by atoms with Crippen LogP contribution in [0, 0.1) is 10.1 Å². The summed E-state index contributed by atoms with van der Waals surface area (Å²) >= 11 is 18.5. The summed E-state index contributed by atoms with van der Waals surface area (Å²) in [5.74, 6) is 0.961. The molecule has 1 fully saturated rings. The van der Waals surface area contributed by atoms with Crippen LogP contribution in [0.1, 0.15) is 5.76 Å². The van der Waals surface area contributed by atoms with Crippen molar-refractivity contribution in [1.82, 2.24) is 0 Å². The minimum absolute atomic E-state index is 0.0350. The van der Waals surface area contributed by atoms with Crippen LogP contribution in [-0.4, -0.2) is 22.3 Å². The molecule has 2 heterocycles. The molecule has 1 aliphatic rings. The van der Waals surface area contributed by atoms with Crippen molar-refractivity contribution in [3.05, 3.63) is 79.4 Å². The maximum absolute atomic E-state index is 13.0. The number of nitro benzene ring substituents is 1. The smallest absolute Gasteiger partial charge is 0.288 e. The van der Waals surface area contributed by atoms with Gasteiger partial charge in [-0.25, -0.2) is 0 Å². The summed E-state index contributed by atoms with van der Waals surface area (Å²) in [6.45, 7) is 0. The highest BCUT2D eigenvalue weighted by Gasteiger charge is 2.34. The van der Waals surface area contributed by atoms with Gasteiger partial charge in [0.2, 0.25) is 0 Å². The largest absolute Gasteiger partial charge is 0.495 e. The third-order valence-electron chi connectivity index (χ3n) is 4.51. The van der Waals surface area contributed by atoms with E-state index in [0.717, 1.165) is 11.8 Å². The number of furan rings is 1. The number of hydrogen-bond donors (Lipinski definition) is 0. The quantitative estimate of drug-likeness (QED) is 0.167. The molecular formula is C21H12Cl2N2O5S2. The first kappa shape index (κ1) is 22.3. The molecule has 0 atom stereocenters. The van der Waals surface area contributed by atoms with Gasteiger partial charge in [-0.2, -0.15) is 0 Å². The number of carbonyl (C=O) groups excluding carboxylic acids is 1. The maximum atomic E-state index is 13.0. The first-order chi connectivity index (χ1) is 15.3. The number of thioether (sulfide) groups is 1. The summed E-state index contributed by atoms with van der Waals surface area (Å²) in [4.78, 5) is 25.3. The fourth-order valence-electron chi connectivity index (χ4n) is 3.01. The summed E-state index contributed by atoms with van der Waals surface area (Å²) in [5, 5.41) is 11.5. The Kier molecular flexibility index (Phi) is 6.25. The molecule has 0 unspecified atom stereocenters. The third-order valence-corrected chi connectivity index (χ3v) is 6.43. The van der Waals surface area contributed by atoms with Gasteiger partial charge in [0.25, 0.3) is 11.6 Å². The number of nitrogens with zero attached hydrogens (tertiary/aromatic N) is 2. The predicted molar refractivity (Wildman–Crippen MR) is 129 cm³/mol. The van der Waals surface area contributed by atoms with Crippen molar-refractivity contribution in [2.75, 3.05) is 12.0 Å². The zero-order valence-corrected chi connectivity index (χ0v) is 19.3. The number of ether oxygens (including phenoxy) is 1. The Labute approximate surface area is 201 Å². The molecule has 7 nitrogen and oxygen atoms in total. The molecule has 1 saturated heterocycles. The van der Waals surface area contributed by atoms with Crippen LogP contribution >= 0.6 is 47.2 Å². The van der Waals surface area contributed by atoms with E-state index in [9.17, 15) is 14.9 Å². The van der Waals surface area contributed by atoms with Crippen molar-refractivity contribution >= 4 is 74.9 Å². The average Bonchev–Trinajstić information content (AvgIpc) is 3.32. The van der Waals surface area contributed by atoms with Gasteiger partial charge in [0, 0.05) is 17.7 Å². The topological polar surface area (TPSA) is 85.8 Å². The molecule has 32 heavy (non-hydrogen) atoms. The van der Waals surface area contributed by atoms with Gasteiger partial charge in [-0.15, -0.1) is 0 Å². The van der Waals surface area contributed by atoms with Crippen LogP contribution in [0.15, 0.2) is 57.9 Å². The molecule has 11 heteroatoms. The Hall–Kier alpha value is -2.85. The van der Waals surface area contributed by atoms with Gasteiger partial charge >= 0.3 is 0 Å². The van der Waals surface area contributed by atoms with E-state index < -0.39 is 4.92 Å². The Morgan fingerprint density at radius 3 is 2.62 bits per heavy atom. The van der Waals surface area contributed by atoms with Gasteiger partial charge in [0.05, 0.1) is 27.6 Å². The van der Waals surface area contributed by atoms with Crippen LogP contribution in [0.3, 0.4) is 0 Å². The standard InChI is InChI=1S/C21H12Cl2N2O5S2/c1-29-18-6-3-12(9-15(18)23)24-20(26)19(32-21(24)31)10-13-4-7-17(30-13)11-2-5-14(22)16(8-11)25(27)28/h2-10H,1H3/b19-10+. The van der Waals surface area contributed by atoms with Crippen LogP contribution in [0.25, 0.3) is 17.4 Å². The number of rotatable bonds is 5. The zero-order chi connectivity index (χ0) is 23.0. The molecule has 0 radical (unpaired) electrons. The Morgan fingerprint density at radius 2 is 1.94 bits per heavy atom. The highest BCUT2D eigenvalue weighted by Crippen LogP contribution is 2.39. The molecule has 2 aromatic carbocycles. The van der Waals surface area contributed by atoms with Gasteiger partial charge in [0.15, 0.2) is 4.32 Å². The molecule has 162 valence electrons. The lowest BCUT2D eigenvalue weighted by molar-refractivity contribution is -0.384. The maximum Gasteiger partial charge on any atom is 0.288 e. The van der Waals surface area contributed by atoms with Crippen molar-refractivity contribution < 1.29 is 18.9 Å². The minimum atomic E-state index is -0.563. The number of carbonyl (C=O) groups is 1. The van der Waals surface area contributed by atoms with E-state index in [2.05, 4.69) is 0 Å². The summed E-state index contributed by atoms with van der Waals surface area (Å²) in [6, 6.07) is 12.6. The number of anilines is 1. The highest BCUT2D eigenvalue weighted by molar-refractivity contribution is 8.27. The molecule has 0 aliphatic carbocycles. The van der Waals surface area contributed by atoms with Crippen LogP contribution in [0.2, 0.25) is 10.0 Å². The van der Waals surface area contributed by atoms with E-state index >= 15 is 0 Å². The number of benzene rings is 2. The van der Waals surface area contributed by atoms with E-state index in [-0.39, 0.29) is 16.6 Å². The van der Waals surface area contributed by atoms with Crippen molar-refractivity contribution in [2.24, 2.45) is 0 Å². The summed E-state index contributed by atoms with van der Waals surface area (Å²) < 4.78 is 11.3. The number of methoxy groups -OCH3 is 1. The zero-order valence-electron chi connectivity index (χ0n) is 16.2. The van der Waals surface area contributed by atoms with Gasteiger partial charge in [0.1, 0.15) is 22.3 Å². The second-order valence-corrected chi connectivity index (χ2v) is 8.95. The van der Waals surface area contributed by atoms with Crippen LogP contribution in [-0.2, 0) is 4.79 Å². The molecule has 4 rings (SSSR count). The van der Waals surface area contributed by atoms with E-state index in [1.165, 1.54) is 24.1 Å². The molecule has 1 aromatic heterocycles. The first-order valence-corrected chi connectivity index (χ1v) is 10.9. The third kappa shape index (κ3) is 4.24. The second-order valence-electron chi connectivity index (χ2n) is 6.46. The van der Waals surface area contributed by atoms with Gasteiger partial charge < -0.3 is 9.15 Å². The number of nitro groups is 1. The molecule has 0 N–H and O–H groups in total. The summed E-state index contributed by atoms with van der Waals surface area (Å²) in [7, 11) is 1.50. The number of thiocarbonyl (C=S) groups is 1. The van der Waals surface area contributed by atoms with Crippen LogP contribution < -0.4 is 9.64 Å². The molecular weight excluding hydrogens is 495 g/mol. The van der Waals surface area contributed by atoms with E-state index in [4.69, 9.17) is 44.6 Å². The number of hydrogen-bond acceptors (Lipinski definition) is 7. The first-order valence-electron chi connectivity index (χ1n) is 8.94. The SMILES string of the molecule is COc1ccc(N2C(=O)/C(=C\c3ccc(-c4ccc(Cl)c([N+](=O)[O-])c4)o3)SC2=S)cc1Cl. The van der Waals surface area contributed by atoms with Crippen molar-refractivity contribution in [2.45, 2.75) is 0 Å². The molecule has 3 aromatic rings. The minimum Gasteiger partial charge on any atom is -0.495 e. The Morgan fingerprint density at radius 1 is 1.16 bits per heavy atom. The Bertz CT molecular complexity index is 1310. The number of amides is 1. The van der Waals surface area contributed by atoms with Crippen molar-refractivity contribution in [3.63, 3.8) is 0 Å². The van der Waals surface area contributed by atoms with Gasteiger partial charge in [-0.05, 0) is 42.5 Å². The second kappa shape index (κ2) is 8.95. The average molecular weight is 507 g/mol. The summed E-state index contributed by atoms with van der Waals surface area (Å²) in [5.41, 5.74) is 0.789. The van der Waals surface area contributed by atoms with Crippen LogP contribution in [0.5, 0.6) is 5.75 Å². The number of halogens is 2. The predicted octanol–water partition coefficient (Wildman–Crippen LogP) is 6.58. The molecule has 0 saturated carbocycles. The van der Waals surface area contributed by atoms with E-state index in [1.54, 1.807) is 42.5 Å².